The van der Waals surface area contributed by atoms with Crippen molar-refractivity contribution in [1.82, 2.24) is 5.32 Å². The smallest absolute Gasteiger partial charge is 0.0661 e. The Kier molecular flexibility index (Phi) is 4.40. The van der Waals surface area contributed by atoms with E-state index in [1.807, 2.05) is 0 Å². The van der Waals surface area contributed by atoms with Crippen molar-refractivity contribution in [1.29, 1.82) is 0 Å². The van der Waals surface area contributed by atoms with Crippen LogP contribution in [0.25, 0.3) is 0 Å². The summed E-state index contributed by atoms with van der Waals surface area (Å²) < 4.78 is 1.09. The lowest BCUT2D eigenvalue weighted by atomic mass is 9.85. The summed E-state index contributed by atoms with van der Waals surface area (Å²) in [4.78, 5) is 0. The van der Waals surface area contributed by atoms with Gasteiger partial charge in [0.05, 0.1) is 3.70 Å². The molecule has 1 fully saturated rings. The zero-order valence-corrected chi connectivity index (χ0v) is 9.93. The average molecular weight is 279 g/mol. The van der Waals surface area contributed by atoms with Gasteiger partial charge >= 0.3 is 0 Å². The molecule has 1 aliphatic rings. The van der Waals surface area contributed by atoms with E-state index in [-0.39, 0.29) is 0 Å². The normalized spacial score (nSPS) is 29.8. The molecular formula is C10H18IN. The van der Waals surface area contributed by atoms with Gasteiger partial charge in [0.1, 0.15) is 0 Å². The van der Waals surface area contributed by atoms with Crippen LogP contribution in [-0.4, -0.2) is 6.04 Å². The van der Waals surface area contributed by atoms with Crippen molar-refractivity contribution in [3.8, 4) is 0 Å². The number of hydrogen-bond acceptors (Lipinski definition) is 1. The molecule has 70 valence electrons. The molecule has 1 N–H and O–H groups in total. The first kappa shape index (κ1) is 10.4. The zero-order valence-electron chi connectivity index (χ0n) is 7.78. The van der Waals surface area contributed by atoms with Crippen LogP contribution in [0.5, 0.6) is 0 Å². The van der Waals surface area contributed by atoms with Crippen LogP contribution in [-0.2, 0) is 0 Å². The highest BCUT2D eigenvalue weighted by Gasteiger charge is 2.19. The Morgan fingerprint density at radius 3 is 2.42 bits per heavy atom. The van der Waals surface area contributed by atoms with Gasteiger partial charge in [0.15, 0.2) is 0 Å². The molecule has 1 rings (SSSR count). The summed E-state index contributed by atoms with van der Waals surface area (Å²) >= 11 is 2.25. The van der Waals surface area contributed by atoms with Gasteiger partial charge in [-0.15, -0.1) is 0 Å². The summed E-state index contributed by atoms with van der Waals surface area (Å²) in [5, 5.41) is 3.42. The van der Waals surface area contributed by atoms with E-state index in [9.17, 15) is 0 Å². The molecule has 0 unspecified atom stereocenters. The highest BCUT2D eigenvalue weighted by Crippen LogP contribution is 2.27. The quantitative estimate of drug-likeness (QED) is 0.616. The van der Waals surface area contributed by atoms with Gasteiger partial charge in [0.25, 0.3) is 0 Å². The maximum atomic E-state index is 3.86. The van der Waals surface area contributed by atoms with Gasteiger partial charge in [-0.3, -0.25) is 0 Å². The maximum Gasteiger partial charge on any atom is 0.0661 e. The van der Waals surface area contributed by atoms with Gasteiger partial charge in [-0.05, 0) is 54.2 Å². The Balaban J connectivity index is 2.21. The van der Waals surface area contributed by atoms with Crippen LogP contribution in [0.15, 0.2) is 10.3 Å². The molecular weight excluding hydrogens is 261 g/mol. The Bertz CT molecular complexity index is 148. The lowest BCUT2D eigenvalue weighted by molar-refractivity contribution is 0.300. The first-order valence-corrected chi connectivity index (χ1v) is 5.91. The van der Waals surface area contributed by atoms with Crippen LogP contribution >= 0.6 is 22.6 Å². The van der Waals surface area contributed by atoms with Crippen molar-refractivity contribution in [2.45, 2.75) is 45.1 Å². The third kappa shape index (κ3) is 3.33. The molecule has 1 saturated carbocycles. The maximum absolute atomic E-state index is 3.86. The van der Waals surface area contributed by atoms with Gasteiger partial charge in [-0.2, -0.15) is 0 Å². The molecule has 0 heterocycles. The van der Waals surface area contributed by atoms with Crippen LogP contribution in [0, 0.1) is 5.92 Å². The summed E-state index contributed by atoms with van der Waals surface area (Å²) in [6, 6.07) is 0.706. The summed E-state index contributed by atoms with van der Waals surface area (Å²) in [7, 11) is 0. The van der Waals surface area contributed by atoms with Gasteiger partial charge in [0, 0.05) is 6.04 Å². The van der Waals surface area contributed by atoms with Gasteiger partial charge in [0.2, 0.25) is 0 Å². The molecule has 0 aliphatic heterocycles. The van der Waals surface area contributed by atoms with Gasteiger partial charge in [-0.25, -0.2) is 0 Å². The zero-order chi connectivity index (χ0) is 8.97. The minimum atomic E-state index is 0.706. The Labute approximate surface area is 89.1 Å². The van der Waals surface area contributed by atoms with Crippen molar-refractivity contribution < 1.29 is 0 Å². The first-order chi connectivity index (χ1) is 5.72. The van der Waals surface area contributed by atoms with Crippen LogP contribution in [0.1, 0.15) is 39.0 Å². The Hall–Kier alpha value is 0.270. The lowest BCUT2D eigenvalue weighted by Gasteiger charge is -2.28. The first-order valence-electron chi connectivity index (χ1n) is 4.83. The fourth-order valence-corrected chi connectivity index (χ4v) is 2.38. The van der Waals surface area contributed by atoms with E-state index in [2.05, 4.69) is 41.4 Å². The van der Waals surface area contributed by atoms with Gasteiger partial charge in [-0.1, -0.05) is 19.9 Å². The highest BCUT2D eigenvalue weighted by molar-refractivity contribution is 14.1. The van der Waals surface area contributed by atoms with Crippen molar-refractivity contribution in [2.24, 2.45) is 5.92 Å². The average Bonchev–Trinajstić information content (AvgIpc) is 2.05. The van der Waals surface area contributed by atoms with E-state index in [1.165, 1.54) is 32.1 Å². The molecule has 0 radical (unpaired) electrons. The fraction of sp³-hybridized carbons (Fsp3) is 0.800. The Morgan fingerprint density at radius 2 is 2.00 bits per heavy atom. The molecule has 0 aromatic heterocycles. The fourth-order valence-electron chi connectivity index (χ4n) is 1.94. The van der Waals surface area contributed by atoms with Crippen LogP contribution in [0.2, 0.25) is 0 Å². The molecule has 0 aromatic carbocycles. The van der Waals surface area contributed by atoms with Crippen molar-refractivity contribution in [3.63, 3.8) is 0 Å². The highest BCUT2D eigenvalue weighted by atomic mass is 127. The molecule has 0 saturated heterocycles. The SMILES string of the molecule is C=C(I)NC1CCC(CC)CC1. The van der Waals surface area contributed by atoms with Crippen LogP contribution in [0.4, 0.5) is 0 Å². The van der Waals surface area contributed by atoms with E-state index >= 15 is 0 Å². The monoisotopic (exact) mass is 279 g/mol. The molecule has 1 aliphatic carbocycles. The summed E-state index contributed by atoms with van der Waals surface area (Å²) in [6.07, 6.45) is 6.83. The summed E-state index contributed by atoms with van der Waals surface area (Å²) in [5.41, 5.74) is 0. The number of nitrogens with one attached hydrogen (secondary N) is 1. The molecule has 0 aromatic rings. The van der Waals surface area contributed by atoms with E-state index in [1.54, 1.807) is 0 Å². The van der Waals surface area contributed by atoms with Gasteiger partial charge < -0.3 is 5.32 Å². The number of hydrogen-bond donors (Lipinski definition) is 1. The lowest BCUT2D eigenvalue weighted by Crippen LogP contribution is -2.30. The minimum Gasteiger partial charge on any atom is -0.378 e. The molecule has 1 nitrogen and oxygen atoms in total. The second-order valence-corrected chi connectivity index (χ2v) is 4.98. The van der Waals surface area contributed by atoms with Crippen LogP contribution in [0.3, 0.4) is 0 Å². The molecule has 0 amide bonds. The van der Waals surface area contributed by atoms with Crippen molar-refractivity contribution in [3.05, 3.63) is 10.3 Å². The van der Waals surface area contributed by atoms with Crippen molar-refractivity contribution >= 4 is 22.6 Å². The topological polar surface area (TPSA) is 12.0 Å². The Morgan fingerprint density at radius 1 is 1.42 bits per heavy atom. The second kappa shape index (κ2) is 5.10. The molecule has 0 spiro atoms. The summed E-state index contributed by atoms with van der Waals surface area (Å²) in [5.74, 6) is 0.991. The van der Waals surface area contributed by atoms with E-state index in [0.29, 0.717) is 6.04 Å². The van der Waals surface area contributed by atoms with E-state index < -0.39 is 0 Å². The third-order valence-corrected chi connectivity index (χ3v) is 3.10. The molecule has 0 atom stereocenters. The third-order valence-electron chi connectivity index (χ3n) is 2.78. The largest absolute Gasteiger partial charge is 0.378 e. The van der Waals surface area contributed by atoms with E-state index in [0.717, 1.165) is 9.62 Å². The number of rotatable bonds is 3. The van der Waals surface area contributed by atoms with Crippen LogP contribution < -0.4 is 5.32 Å². The summed E-state index contributed by atoms with van der Waals surface area (Å²) in [6.45, 7) is 6.17. The molecule has 2 heteroatoms. The molecule has 12 heavy (non-hydrogen) atoms. The molecule has 0 bridgehead atoms. The minimum absolute atomic E-state index is 0.706. The second-order valence-electron chi connectivity index (χ2n) is 3.68. The van der Waals surface area contributed by atoms with E-state index in [4.69, 9.17) is 0 Å². The predicted octanol–water partition coefficient (Wildman–Crippen LogP) is 3.45. The standard InChI is InChI=1S/C10H18IN/c1-3-9-4-6-10(7-5-9)12-8(2)11/h9-10,12H,2-7H2,1H3. The predicted molar refractivity (Wildman–Crippen MR) is 62.3 cm³/mol. The van der Waals surface area contributed by atoms with Crippen molar-refractivity contribution in [2.75, 3.05) is 0 Å². The number of halogens is 1.